The van der Waals surface area contributed by atoms with Crippen molar-refractivity contribution < 1.29 is 14.4 Å². The van der Waals surface area contributed by atoms with Crippen LogP contribution in [0.25, 0.3) is 10.8 Å². The Labute approximate surface area is 104 Å². The van der Waals surface area contributed by atoms with Crippen LogP contribution in [0.4, 0.5) is 0 Å². The van der Waals surface area contributed by atoms with E-state index in [0.29, 0.717) is 12.5 Å². The Balaban J connectivity index is 2.16. The van der Waals surface area contributed by atoms with Crippen LogP contribution >= 0.6 is 0 Å². The molecule has 0 saturated carbocycles. The Kier molecular flexibility index (Phi) is 2.48. The topological polar surface area (TPSA) is 47.9 Å². The molecule has 4 nitrogen and oxygen atoms in total. The Morgan fingerprint density at radius 2 is 2.11 bits per heavy atom. The highest BCUT2D eigenvalue weighted by Gasteiger charge is 2.22. The molecule has 0 radical (unpaired) electrons. The molecule has 0 fully saturated rings. The summed E-state index contributed by atoms with van der Waals surface area (Å²) in [6.07, 6.45) is 0. The molecule has 2 aromatic carbocycles. The first kappa shape index (κ1) is 10.8. The summed E-state index contributed by atoms with van der Waals surface area (Å²) in [5, 5.41) is 5.92. The lowest BCUT2D eigenvalue weighted by Crippen LogP contribution is -2.02. The Morgan fingerprint density at radius 3 is 2.94 bits per heavy atom. The highest BCUT2D eigenvalue weighted by molar-refractivity contribution is 6.09. The standard InChI is InChI=1S/C14H11NO3/c1-9(16)18-15-14-13-11(8-17-14)7-6-10-4-2-3-5-12(10)13/h2-7H,8H2,1H3/b15-14-. The maximum absolute atomic E-state index is 10.8. The molecule has 18 heavy (non-hydrogen) atoms. The maximum Gasteiger partial charge on any atom is 0.332 e. The van der Waals surface area contributed by atoms with Gasteiger partial charge in [0.25, 0.3) is 5.90 Å². The molecule has 0 aromatic heterocycles. The predicted octanol–water partition coefficient (Wildman–Crippen LogP) is 2.59. The fourth-order valence-electron chi connectivity index (χ4n) is 2.09. The molecule has 90 valence electrons. The lowest BCUT2D eigenvalue weighted by Gasteiger charge is -2.03. The van der Waals surface area contributed by atoms with Gasteiger partial charge in [0.15, 0.2) is 0 Å². The van der Waals surface area contributed by atoms with Crippen LogP contribution in [-0.4, -0.2) is 11.9 Å². The van der Waals surface area contributed by atoms with E-state index in [1.54, 1.807) is 0 Å². The fraction of sp³-hybridized carbons (Fsp3) is 0.143. The van der Waals surface area contributed by atoms with Crippen molar-refractivity contribution in [2.24, 2.45) is 5.16 Å². The van der Waals surface area contributed by atoms with Crippen molar-refractivity contribution in [2.45, 2.75) is 13.5 Å². The number of ether oxygens (including phenoxy) is 1. The Morgan fingerprint density at radius 1 is 1.28 bits per heavy atom. The first-order chi connectivity index (χ1) is 8.75. The molecule has 0 spiro atoms. The van der Waals surface area contributed by atoms with E-state index in [1.165, 1.54) is 6.92 Å². The SMILES string of the molecule is CC(=O)O/N=C1\OCc2ccc3ccccc3c21. The van der Waals surface area contributed by atoms with E-state index in [2.05, 4.69) is 9.99 Å². The van der Waals surface area contributed by atoms with Crippen LogP contribution in [0.2, 0.25) is 0 Å². The van der Waals surface area contributed by atoms with Gasteiger partial charge in [0.05, 0.1) is 5.56 Å². The van der Waals surface area contributed by atoms with E-state index in [9.17, 15) is 4.79 Å². The van der Waals surface area contributed by atoms with Crippen molar-refractivity contribution in [1.82, 2.24) is 0 Å². The van der Waals surface area contributed by atoms with Crippen LogP contribution in [0, 0.1) is 0 Å². The van der Waals surface area contributed by atoms with Gasteiger partial charge in [-0.05, 0) is 15.9 Å². The summed E-state index contributed by atoms with van der Waals surface area (Å²) in [7, 11) is 0. The van der Waals surface area contributed by atoms with E-state index in [-0.39, 0.29) is 0 Å². The Bertz CT molecular complexity index is 661. The highest BCUT2D eigenvalue weighted by Crippen LogP contribution is 2.28. The van der Waals surface area contributed by atoms with Gasteiger partial charge in [-0.3, -0.25) is 0 Å². The first-order valence-electron chi connectivity index (χ1n) is 5.65. The fourth-order valence-corrected chi connectivity index (χ4v) is 2.09. The molecular formula is C14H11NO3. The minimum absolute atomic E-state index is 0.372. The molecule has 4 heteroatoms. The summed E-state index contributed by atoms with van der Waals surface area (Å²) in [5.74, 6) is -0.0863. The number of oxime groups is 1. The van der Waals surface area contributed by atoms with Crippen molar-refractivity contribution >= 4 is 22.6 Å². The van der Waals surface area contributed by atoms with Crippen LogP contribution in [0.3, 0.4) is 0 Å². The minimum atomic E-state index is -0.459. The van der Waals surface area contributed by atoms with Gasteiger partial charge in [0.1, 0.15) is 6.61 Å². The van der Waals surface area contributed by atoms with Gasteiger partial charge < -0.3 is 9.57 Å². The van der Waals surface area contributed by atoms with Gasteiger partial charge in [-0.1, -0.05) is 36.4 Å². The molecule has 1 aliphatic heterocycles. The van der Waals surface area contributed by atoms with Crippen LogP contribution in [-0.2, 0) is 21.0 Å². The largest absolute Gasteiger partial charge is 0.470 e. The third kappa shape index (κ3) is 1.72. The van der Waals surface area contributed by atoms with Crippen molar-refractivity contribution in [3.63, 3.8) is 0 Å². The van der Waals surface area contributed by atoms with Gasteiger partial charge in [-0.25, -0.2) is 4.79 Å². The zero-order valence-corrected chi connectivity index (χ0v) is 9.84. The highest BCUT2D eigenvalue weighted by atomic mass is 16.7. The van der Waals surface area contributed by atoms with E-state index in [0.717, 1.165) is 21.9 Å². The number of carbonyl (C=O) groups excluding carboxylic acids is 1. The quantitative estimate of drug-likeness (QED) is 0.569. The predicted molar refractivity (Wildman–Crippen MR) is 67.0 cm³/mol. The van der Waals surface area contributed by atoms with Crippen molar-refractivity contribution in [2.75, 3.05) is 0 Å². The number of hydrogen-bond donors (Lipinski definition) is 0. The number of nitrogens with zero attached hydrogens (tertiary/aromatic N) is 1. The maximum atomic E-state index is 10.8. The molecule has 0 aliphatic carbocycles. The number of hydrogen-bond acceptors (Lipinski definition) is 4. The summed E-state index contributed by atoms with van der Waals surface area (Å²) in [4.78, 5) is 15.4. The zero-order valence-electron chi connectivity index (χ0n) is 9.84. The lowest BCUT2D eigenvalue weighted by atomic mass is 10.0. The van der Waals surface area contributed by atoms with E-state index in [4.69, 9.17) is 4.74 Å². The van der Waals surface area contributed by atoms with Gasteiger partial charge in [0.2, 0.25) is 0 Å². The molecule has 0 N–H and O–H groups in total. The number of carbonyl (C=O) groups is 1. The van der Waals surface area contributed by atoms with Crippen LogP contribution < -0.4 is 0 Å². The van der Waals surface area contributed by atoms with Crippen LogP contribution in [0.15, 0.2) is 41.6 Å². The molecular weight excluding hydrogens is 230 g/mol. The van der Waals surface area contributed by atoms with E-state index >= 15 is 0 Å². The second kappa shape index (κ2) is 4.14. The molecule has 1 aliphatic rings. The summed E-state index contributed by atoms with van der Waals surface area (Å²) >= 11 is 0. The molecule has 0 saturated heterocycles. The van der Waals surface area contributed by atoms with Gasteiger partial charge in [-0.15, -0.1) is 0 Å². The lowest BCUT2D eigenvalue weighted by molar-refractivity contribution is -0.141. The smallest absolute Gasteiger partial charge is 0.332 e. The van der Waals surface area contributed by atoms with Crippen LogP contribution in [0.1, 0.15) is 18.1 Å². The monoisotopic (exact) mass is 241 g/mol. The molecule has 2 aromatic rings. The summed E-state index contributed by atoms with van der Waals surface area (Å²) in [6, 6.07) is 12.0. The van der Waals surface area contributed by atoms with Crippen molar-refractivity contribution in [1.29, 1.82) is 0 Å². The zero-order chi connectivity index (χ0) is 12.5. The normalized spacial score (nSPS) is 15.5. The number of rotatable bonds is 1. The molecule has 0 amide bonds. The van der Waals surface area contributed by atoms with E-state index < -0.39 is 5.97 Å². The third-order valence-electron chi connectivity index (χ3n) is 2.85. The average Bonchev–Trinajstić information content (AvgIpc) is 2.80. The first-order valence-corrected chi connectivity index (χ1v) is 5.65. The van der Waals surface area contributed by atoms with Gasteiger partial charge >= 0.3 is 5.97 Å². The molecule has 0 atom stereocenters. The average molecular weight is 241 g/mol. The second-order valence-corrected chi connectivity index (χ2v) is 4.09. The molecule has 0 bridgehead atoms. The number of fused-ring (bicyclic) bond motifs is 3. The van der Waals surface area contributed by atoms with Gasteiger partial charge in [-0.2, -0.15) is 0 Å². The molecule has 1 heterocycles. The summed E-state index contributed by atoms with van der Waals surface area (Å²) in [6.45, 7) is 1.77. The van der Waals surface area contributed by atoms with Crippen molar-refractivity contribution in [3.05, 3.63) is 47.5 Å². The third-order valence-corrected chi connectivity index (χ3v) is 2.85. The Hall–Kier alpha value is -2.36. The van der Waals surface area contributed by atoms with Crippen molar-refractivity contribution in [3.8, 4) is 0 Å². The summed E-state index contributed by atoms with van der Waals surface area (Å²) in [5.41, 5.74) is 1.97. The number of benzene rings is 2. The molecule has 0 unspecified atom stereocenters. The minimum Gasteiger partial charge on any atom is -0.470 e. The van der Waals surface area contributed by atoms with Crippen LogP contribution in [0.5, 0.6) is 0 Å². The second-order valence-electron chi connectivity index (χ2n) is 4.09. The summed E-state index contributed by atoms with van der Waals surface area (Å²) < 4.78 is 5.45. The molecule has 3 rings (SSSR count). The van der Waals surface area contributed by atoms with Gasteiger partial charge in [0, 0.05) is 12.5 Å². The van der Waals surface area contributed by atoms with E-state index in [1.807, 2.05) is 36.4 Å².